The van der Waals surface area contributed by atoms with Gasteiger partial charge in [-0.25, -0.2) is 9.59 Å². The lowest BCUT2D eigenvalue weighted by Gasteiger charge is -2.25. The van der Waals surface area contributed by atoms with E-state index in [1.807, 2.05) is 20.8 Å². The predicted octanol–water partition coefficient (Wildman–Crippen LogP) is 1.29. The van der Waals surface area contributed by atoms with E-state index in [9.17, 15) is 9.59 Å². The highest BCUT2D eigenvalue weighted by atomic mass is 16.4. The Morgan fingerprint density at radius 1 is 1.26 bits per heavy atom. The number of hydrogen-bond acceptors (Lipinski definition) is 3. The van der Waals surface area contributed by atoms with Crippen molar-refractivity contribution in [2.24, 2.45) is 5.92 Å². The molecule has 0 saturated carbocycles. The Labute approximate surface area is 114 Å². The van der Waals surface area contributed by atoms with E-state index in [-0.39, 0.29) is 19.1 Å². The lowest BCUT2D eigenvalue weighted by Crippen LogP contribution is -2.49. The Balaban J connectivity index is 4.51. The van der Waals surface area contributed by atoms with Crippen molar-refractivity contribution in [2.75, 3.05) is 19.7 Å². The van der Waals surface area contributed by atoms with Crippen molar-refractivity contribution in [1.29, 1.82) is 0 Å². The summed E-state index contributed by atoms with van der Waals surface area (Å²) in [5, 5.41) is 20.5. The van der Waals surface area contributed by atoms with E-state index in [4.69, 9.17) is 10.2 Å². The number of rotatable bonds is 9. The lowest BCUT2D eigenvalue weighted by atomic mass is 10.0. The average Bonchev–Trinajstić information content (AvgIpc) is 2.32. The SMILES string of the molecule is CCCCN(CCO)C(=O)NC(CC(C)C)C(=O)O. The molecular weight excluding hydrogens is 248 g/mol. The molecule has 1 atom stereocenters. The molecular formula is C13H26N2O4. The minimum Gasteiger partial charge on any atom is -0.480 e. The molecule has 0 aliphatic carbocycles. The topological polar surface area (TPSA) is 89.9 Å². The maximum absolute atomic E-state index is 12.0. The summed E-state index contributed by atoms with van der Waals surface area (Å²) in [6.07, 6.45) is 2.15. The second kappa shape index (κ2) is 9.61. The van der Waals surface area contributed by atoms with Gasteiger partial charge in [0.25, 0.3) is 0 Å². The van der Waals surface area contributed by atoms with E-state index in [1.165, 1.54) is 4.90 Å². The number of carboxylic acids is 1. The van der Waals surface area contributed by atoms with Crippen LogP contribution in [0.25, 0.3) is 0 Å². The normalized spacial score (nSPS) is 12.3. The fourth-order valence-electron chi connectivity index (χ4n) is 1.72. The summed E-state index contributed by atoms with van der Waals surface area (Å²) >= 11 is 0. The van der Waals surface area contributed by atoms with E-state index in [2.05, 4.69) is 5.32 Å². The van der Waals surface area contributed by atoms with Gasteiger partial charge in [-0.05, 0) is 18.8 Å². The molecule has 6 nitrogen and oxygen atoms in total. The highest BCUT2D eigenvalue weighted by Crippen LogP contribution is 2.06. The first-order chi connectivity index (χ1) is 8.92. The molecule has 0 aliphatic rings. The minimum absolute atomic E-state index is 0.126. The minimum atomic E-state index is -1.03. The number of aliphatic hydroxyl groups is 1. The Hall–Kier alpha value is -1.30. The Bertz CT molecular complexity index is 282. The summed E-state index contributed by atoms with van der Waals surface area (Å²) in [5.41, 5.74) is 0. The van der Waals surface area contributed by atoms with Gasteiger partial charge < -0.3 is 20.4 Å². The molecule has 2 amide bonds. The van der Waals surface area contributed by atoms with Crippen LogP contribution in [0.3, 0.4) is 0 Å². The van der Waals surface area contributed by atoms with Crippen LogP contribution in [-0.4, -0.2) is 52.9 Å². The van der Waals surface area contributed by atoms with Gasteiger partial charge in [0.05, 0.1) is 6.61 Å². The fourth-order valence-corrected chi connectivity index (χ4v) is 1.72. The van der Waals surface area contributed by atoms with Gasteiger partial charge in [-0.3, -0.25) is 0 Å². The number of nitrogens with zero attached hydrogens (tertiary/aromatic N) is 1. The summed E-state index contributed by atoms with van der Waals surface area (Å²) in [6, 6.07) is -1.30. The number of urea groups is 1. The van der Waals surface area contributed by atoms with Crippen molar-refractivity contribution in [1.82, 2.24) is 10.2 Å². The summed E-state index contributed by atoms with van der Waals surface area (Å²) in [5.74, 6) is -0.843. The van der Waals surface area contributed by atoms with E-state index < -0.39 is 18.0 Å². The summed E-state index contributed by atoms with van der Waals surface area (Å²) in [4.78, 5) is 24.5. The van der Waals surface area contributed by atoms with Gasteiger partial charge in [-0.2, -0.15) is 0 Å². The Morgan fingerprint density at radius 3 is 2.32 bits per heavy atom. The lowest BCUT2D eigenvalue weighted by molar-refractivity contribution is -0.139. The Morgan fingerprint density at radius 2 is 1.89 bits per heavy atom. The van der Waals surface area contributed by atoms with Crippen molar-refractivity contribution in [3.05, 3.63) is 0 Å². The van der Waals surface area contributed by atoms with Crippen LogP contribution in [-0.2, 0) is 4.79 Å². The summed E-state index contributed by atoms with van der Waals surface area (Å²) in [6.45, 7) is 6.44. The molecule has 19 heavy (non-hydrogen) atoms. The largest absolute Gasteiger partial charge is 0.480 e. The van der Waals surface area contributed by atoms with Gasteiger partial charge in [0.2, 0.25) is 0 Å². The first-order valence-electron chi connectivity index (χ1n) is 6.81. The van der Waals surface area contributed by atoms with Gasteiger partial charge in [0.15, 0.2) is 0 Å². The number of amides is 2. The van der Waals surface area contributed by atoms with Gasteiger partial charge in [0, 0.05) is 13.1 Å². The molecule has 0 aromatic rings. The molecule has 0 radical (unpaired) electrons. The van der Waals surface area contributed by atoms with Crippen LogP contribution >= 0.6 is 0 Å². The molecule has 0 saturated heterocycles. The van der Waals surface area contributed by atoms with E-state index in [0.717, 1.165) is 12.8 Å². The van der Waals surface area contributed by atoms with E-state index in [1.54, 1.807) is 0 Å². The molecule has 0 heterocycles. The zero-order valence-electron chi connectivity index (χ0n) is 12.1. The van der Waals surface area contributed by atoms with Gasteiger partial charge in [0.1, 0.15) is 6.04 Å². The van der Waals surface area contributed by atoms with Crippen LogP contribution in [0.5, 0.6) is 0 Å². The third-order valence-electron chi connectivity index (χ3n) is 2.74. The van der Waals surface area contributed by atoms with Crippen LogP contribution < -0.4 is 5.32 Å². The van der Waals surface area contributed by atoms with E-state index in [0.29, 0.717) is 13.0 Å². The number of carbonyl (C=O) groups is 2. The third-order valence-corrected chi connectivity index (χ3v) is 2.74. The van der Waals surface area contributed by atoms with Crippen LogP contribution in [0.1, 0.15) is 40.0 Å². The molecule has 0 rings (SSSR count). The third kappa shape index (κ3) is 7.66. The first-order valence-corrected chi connectivity index (χ1v) is 6.81. The molecule has 1 unspecified atom stereocenters. The standard InChI is InChI=1S/C13H26N2O4/c1-4-5-6-15(7-8-16)13(19)14-11(12(17)18)9-10(2)3/h10-11,16H,4-9H2,1-3H3,(H,14,19)(H,17,18). The van der Waals surface area contributed by atoms with Crippen LogP contribution in [0.4, 0.5) is 4.79 Å². The number of hydrogen-bond donors (Lipinski definition) is 3. The van der Waals surface area contributed by atoms with Gasteiger partial charge in [-0.1, -0.05) is 27.2 Å². The summed E-state index contributed by atoms with van der Waals surface area (Å²) < 4.78 is 0. The number of aliphatic hydroxyl groups excluding tert-OH is 1. The molecule has 112 valence electrons. The zero-order valence-corrected chi connectivity index (χ0v) is 12.1. The van der Waals surface area contributed by atoms with Crippen molar-refractivity contribution in [3.8, 4) is 0 Å². The van der Waals surface area contributed by atoms with Crippen LogP contribution in [0.2, 0.25) is 0 Å². The predicted molar refractivity (Wildman–Crippen MR) is 73.0 cm³/mol. The molecule has 0 fully saturated rings. The maximum Gasteiger partial charge on any atom is 0.326 e. The van der Waals surface area contributed by atoms with Crippen molar-refractivity contribution >= 4 is 12.0 Å². The second-order valence-corrected chi connectivity index (χ2v) is 5.03. The first kappa shape index (κ1) is 17.7. The van der Waals surface area contributed by atoms with Crippen molar-refractivity contribution in [3.63, 3.8) is 0 Å². The molecule has 0 spiro atoms. The van der Waals surface area contributed by atoms with Crippen molar-refractivity contribution < 1.29 is 19.8 Å². The van der Waals surface area contributed by atoms with Crippen LogP contribution in [0, 0.1) is 5.92 Å². The van der Waals surface area contributed by atoms with E-state index >= 15 is 0 Å². The summed E-state index contributed by atoms with van der Waals surface area (Å²) in [7, 11) is 0. The van der Waals surface area contributed by atoms with Gasteiger partial charge >= 0.3 is 12.0 Å². The Kier molecular flexibility index (Phi) is 8.95. The van der Waals surface area contributed by atoms with Crippen molar-refractivity contribution in [2.45, 2.75) is 46.1 Å². The van der Waals surface area contributed by atoms with Gasteiger partial charge in [-0.15, -0.1) is 0 Å². The average molecular weight is 274 g/mol. The molecule has 6 heteroatoms. The number of nitrogens with one attached hydrogen (secondary N) is 1. The fraction of sp³-hybridized carbons (Fsp3) is 0.846. The number of carbonyl (C=O) groups excluding carboxylic acids is 1. The highest BCUT2D eigenvalue weighted by Gasteiger charge is 2.23. The van der Waals surface area contributed by atoms with Crippen LogP contribution in [0.15, 0.2) is 0 Å². The zero-order chi connectivity index (χ0) is 14.8. The monoisotopic (exact) mass is 274 g/mol. The molecule has 0 aromatic heterocycles. The number of aliphatic carboxylic acids is 1. The maximum atomic E-state index is 12.0. The smallest absolute Gasteiger partial charge is 0.326 e. The molecule has 3 N–H and O–H groups in total. The molecule has 0 aromatic carbocycles. The highest BCUT2D eigenvalue weighted by molar-refractivity contribution is 5.82. The molecule has 0 bridgehead atoms. The quantitative estimate of drug-likeness (QED) is 0.591. The number of carboxylic acid groups (broad SMARTS) is 1. The molecule has 0 aliphatic heterocycles. The second-order valence-electron chi connectivity index (χ2n) is 5.03. The number of unbranched alkanes of at least 4 members (excludes halogenated alkanes) is 1.